The minimum absolute atomic E-state index is 0.812. The summed E-state index contributed by atoms with van der Waals surface area (Å²) in [6, 6.07) is 9.32. The lowest BCUT2D eigenvalue weighted by Gasteiger charge is -2.35. The zero-order valence-electron chi connectivity index (χ0n) is 13.3. The standard InChI is InChI=1S/C18H28N2O/c1-21-18-8-4-6-16(14-18)9-13-19-10-5-12-20-11-3-2-7-17(20)15-19/h4,6,8,14,17H,2-3,5,7,9-13,15H2,1H3. The first-order chi connectivity index (χ1) is 10.3. The predicted molar refractivity (Wildman–Crippen MR) is 87.0 cm³/mol. The van der Waals surface area contributed by atoms with Crippen LogP contribution in [0.2, 0.25) is 0 Å². The molecule has 0 aromatic heterocycles. The number of fused-ring (bicyclic) bond motifs is 1. The lowest BCUT2D eigenvalue weighted by atomic mass is 10.0. The fourth-order valence-corrected chi connectivity index (χ4v) is 3.77. The first kappa shape index (κ1) is 14.9. The van der Waals surface area contributed by atoms with Crippen molar-refractivity contribution in [2.45, 2.75) is 38.1 Å². The molecule has 3 rings (SSSR count). The van der Waals surface area contributed by atoms with Crippen LogP contribution in [-0.2, 0) is 6.42 Å². The molecule has 0 N–H and O–H groups in total. The van der Waals surface area contributed by atoms with Gasteiger partial charge in [-0.2, -0.15) is 0 Å². The quantitative estimate of drug-likeness (QED) is 0.847. The Bertz CT molecular complexity index is 449. The molecule has 0 saturated carbocycles. The van der Waals surface area contributed by atoms with Gasteiger partial charge in [0.1, 0.15) is 5.75 Å². The summed E-state index contributed by atoms with van der Waals surface area (Å²) >= 11 is 0. The van der Waals surface area contributed by atoms with E-state index in [2.05, 4.69) is 28.0 Å². The van der Waals surface area contributed by atoms with E-state index >= 15 is 0 Å². The first-order valence-electron chi connectivity index (χ1n) is 8.44. The minimum Gasteiger partial charge on any atom is -0.497 e. The molecule has 1 aromatic rings. The van der Waals surface area contributed by atoms with Crippen LogP contribution in [0.4, 0.5) is 0 Å². The van der Waals surface area contributed by atoms with Gasteiger partial charge in [0.05, 0.1) is 7.11 Å². The zero-order chi connectivity index (χ0) is 14.5. The highest BCUT2D eigenvalue weighted by Gasteiger charge is 2.26. The van der Waals surface area contributed by atoms with E-state index in [1.165, 1.54) is 64.0 Å². The Balaban J connectivity index is 1.54. The number of hydrogen-bond acceptors (Lipinski definition) is 3. The average molecular weight is 288 g/mol. The number of benzene rings is 1. The number of rotatable bonds is 4. The molecule has 0 radical (unpaired) electrons. The van der Waals surface area contributed by atoms with Crippen LogP contribution < -0.4 is 4.74 Å². The monoisotopic (exact) mass is 288 g/mol. The summed E-state index contributed by atoms with van der Waals surface area (Å²) in [6.45, 7) is 6.34. The van der Waals surface area contributed by atoms with E-state index in [1.807, 2.05) is 6.07 Å². The van der Waals surface area contributed by atoms with Crippen LogP contribution in [0.3, 0.4) is 0 Å². The topological polar surface area (TPSA) is 15.7 Å². The maximum atomic E-state index is 5.32. The summed E-state index contributed by atoms with van der Waals surface area (Å²) in [5.41, 5.74) is 1.39. The second-order valence-electron chi connectivity index (χ2n) is 6.44. The van der Waals surface area contributed by atoms with E-state index in [-0.39, 0.29) is 0 Å². The van der Waals surface area contributed by atoms with Gasteiger partial charge < -0.3 is 9.64 Å². The highest BCUT2D eigenvalue weighted by molar-refractivity contribution is 5.28. The molecule has 21 heavy (non-hydrogen) atoms. The predicted octanol–water partition coefficient (Wildman–Crippen LogP) is 2.80. The summed E-state index contributed by atoms with van der Waals surface area (Å²) in [5, 5.41) is 0. The Kier molecular flexibility index (Phi) is 5.15. The summed E-state index contributed by atoms with van der Waals surface area (Å²) in [5.74, 6) is 0.974. The van der Waals surface area contributed by atoms with Gasteiger partial charge in [0.15, 0.2) is 0 Å². The van der Waals surface area contributed by atoms with Crippen LogP contribution in [0.5, 0.6) is 5.75 Å². The Morgan fingerprint density at radius 3 is 2.95 bits per heavy atom. The summed E-state index contributed by atoms with van der Waals surface area (Å²) in [6.07, 6.45) is 6.68. The number of piperidine rings is 1. The first-order valence-corrected chi connectivity index (χ1v) is 8.44. The van der Waals surface area contributed by atoms with Gasteiger partial charge in [-0.3, -0.25) is 4.90 Å². The summed E-state index contributed by atoms with van der Waals surface area (Å²) in [4.78, 5) is 5.41. The van der Waals surface area contributed by atoms with Crippen LogP contribution >= 0.6 is 0 Å². The molecular formula is C18H28N2O. The van der Waals surface area contributed by atoms with Gasteiger partial charge in [0.25, 0.3) is 0 Å². The van der Waals surface area contributed by atoms with E-state index < -0.39 is 0 Å². The molecule has 0 spiro atoms. The van der Waals surface area contributed by atoms with Crippen molar-refractivity contribution < 1.29 is 4.74 Å². The molecule has 0 amide bonds. The molecule has 116 valence electrons. The maximum absolute atomic E-state index is 5.32. The SMILES string of the molecule is COc1cccc(CCN2CCCN3CCCCC3C2)c1. The zero-order valence-corrected chi connectivity index (χ0v) is 13.3. The Labute approximate surface area is 128 Å². The maximum Gasteiger partial charge on any atom is 0.119 e. The normalized spacial score (nSPS) is 24.3. The fraction of sp³-hybridized carbons (Fsp3) is 0.667. The number of ether oxygens (including phenoxy) is 1. The van der Waals surface area contributed by atoms with Gasteiger partial charge in [-0.15, -0.1) is 0 Å². The largest absolute Gasteiger partial charge is 0.497 e. The number of nitrogens with zero attached hydrogens (tertiary/aromatic N) is 2. The molecule has 1 atom stereocenters. The van der Waals surface area contributed by atoms with Crippen LogP contribution in [0.1, 0.15) is 31.2 Å². The van der Waals surface area contributed by atoms with Crippen molar-refractivity contribution in [1.82, 2.24) is 9.80 Å². The Morgan fingerprint density at radius 1 is 1.14 bits per heavy atom. The molecule has 2 heterocycles. The Hall–Kier alpha value is -1.06. The summed E-state index contributed by atoms with van der Waals surface area (Å²) < 4.78 is 5.32. The van der Waals surface area contributed by atoms with Crippen molar-refractivity contribution in [3.05, 3.63) is 29.8 Å². The third-order valence-electron chi connectivity index (χ3n) is 4.99. The molecular weight excluding hydrogens is 260 g/mol. The van der Waals surface area contributed by atoms with Gasteiger partial charge in [0, 0.05) is 19.1 Å². The highest BCUT2D eigenvalue weighted by atomic mass is 16.5. The molecule has 3 heteroatoms. The number of hydrogen-bond donors (Lipinski definition) is 0. The van der Waals surface area contributed by atoms with E-state index in [1.54, 1.807) is 7.11 Å². The van der Waals surface area contributed by atoms with Crippen molar-refractivity contribution in [3.8, 4) is 5.75 Å². The van der Waals surface area contributed by atoms with Gasteiger partial charge in [0.2, 0.25) is 0 Å². The second kappa shape index (κ2) is 7.28. The molecule has 0 aliphatic carbocycles. The Morgan fingerprint density at radius 2 is 2.05 bits per heavy atom. The third kappa shape index (κ3) is 3.98. The van der Waals surface area contributed by atoms with E-state index in [0.717, 1.165) is 18.2 Å². The van der Waals surface area contributed by atoms with Crippen molar-refractivity contribution in [3.63, 3.8) is 0 Å². The average Bonchev–Trinajstić information content (AvgIpc) is 2.75. The molecule has 2 aliphatic heterocycles. The van der Waals surface area contributed by atoms with Crippen LogP contribution in [0.15, 0.2) is 24.3 Å². The van der Waals surface area contributed by atoms with Crippen LogP contribution in [0.25, 0.3) is 0 Å². The lowest BCUT2D eigenvalue weighted by molar-refractivity contribution is 0.137. The highest BCUT2D eigenvalue weighted by Crippen LogP contribution is 2.21. The molecule has 2 saturated heterocycles. The van der Waals surface area contributed by atoms with E-state index in [9.17, 15) is 0 Å². The smallest absolute Gasteiger partial charge is 0.119 e. The van der Waals surface area contributed by atoms with Crippen molar-refractivity contribution in [2.24, 2.45) is 0 Å². The number of methoxy groups -OCH3 is 1. The van der Waals surface area contributed by atoms with Crippen LogP contribution in [0, 0.1) is 0 Å². The van der Waals surface area contributed by atoms with Gasteiger partial charge in [-0.25, -0.2) is 0 Å². The van der Waals surface area contributed by atoms with E-state index in [0.29, 0.717) is 0 Å². The van der Waals surface area contributed by atoms with E-state index in [4.69, 9.17) is 4.74 Å². The second-order valence-corrected chi connectivity index (χ2v) is 6.44. The van der Waals surface area contributed by atoms with Gasteiger partial charge >= 0.3 is 0 Å². The summed E-state index contributed by atoms with van der Waals surface area (Å²) in [7, 11) is 1.74. The molecule has 2 aliphatic rings. The third-order valence-corrected chi connectivity index (χ3v) is 4.99. The van der Waals surface area contributed by atoms with Gasteiger partial charge in [-0.05, 0) is 63.0 Å². The molecule has 3 nitrogen and oxygen atoms in total. The molecule has 1 unspecified atom stereocenters. The minimum atomic E-state index is 0.812. The van der Waals surface area contributed by atoms with Crippen LogP contribution in [-0.4, -0.2) is 55.7 Å². The van der Waals surface area contributed by atoms with Gasteiger partial charge in [-0.1, -0.05) is 18.6 Å². The molecule has 2 fully saturated rings. The molecule has 0 bridgehead atoms. The fourth-order valence-electron chi connectivity index (χ4n) is 3.77. The van der Waals surface area contributed by atoms with Crippen molar-refractivity contribution >= 4 is 0 Å². The van der Waals surface area contributed by atoms with Crippen molar-refractivity contribution in [1.29, 1.82) is 0 Å². The van der Waals surface area contributed by atoms with Crippen molar-refractivity contribution in [2.75, 3.05) is 39.8 Å². The molecule has 1 aromatic carbocycles. The lowest BCUT2D eigenvalue weighted by Crippen LogP contribution is -2.44.